The molecule has 1 aromatic rings. The highest BCUT2D eigenvalue weighted by molar-refractivity contribution is 5.81. The summed E-state index contributed by atoms with van der Waals surface area (Å²) in [5.41, 5.74) is 0.198. The number of benzene rings is 1. The Morgan fingerprint density at radius 3 is 2.62 bits per heavy atom. The van der Waals surface area contributed by atoms with E-state index in [4.69, 9.17) is 4.74 Å². The highest BCUT2D eigenvalue weighted by Crippen LogP contribution is 2.18. The first kappa shape index (κ1) is 17.0. The third kappa shape index (κ3) is 5.07. The molecule has 0 aliphatic heterocycles. The fourth-order valence-corrected chi connectivity index (χ4v) is 1.62. The standard InChI is InChI=1S/C15H21NO5/c1-10-5-6-11(2)12(7-10)21-8-13(17)16-9-15(3,19)14(18)20-4/h5-7,19H,8-9H2,1-4H3,(H,16,17)/t15-/m1/s1. The van der Waals surface area contributed by atoms with Crippen molar-refractivity contribution in [2.75, 3.05) is 20.3 Å². The van der Waals surface area contributed by atoms with E-state index in [9.17, 15) is 14.7 Å². The molecular weight excluding hydrogens is 274 g/mol. The second-order valence-corrected chi connectivity index (χ2v) is 5.10. The van der Waals surface area contributed by atoms with Crippen molar-refractivity contribution < 1.29 is 24.2 Å². The zero-order valence-electron chi connectivity index (χ0n) is 12.7. The summed E-state index contributed by atoms with van der Waals surface area (Å²) in [7, 11) is 1.17. The van der Waals surface area contributed by atoms with Gasteiger partial charge in [-0.2, -0.15) is 0 Å². The lowest BCUT2D eigenvalue weighted by Crippen LogP contribution is -2.48. The number of carbonyl (C=O) groups is 2. The third-order valence-corrected chi connectivity index (χ3v) is 2.96. The van der Waals surface area contributed by atoms with Crippen molar-refractivity contribution in [3.05, 3.63) is 29.3 Å². The van der Waals surface area contributed by atoms with Crippen LogP contribution in [0.25, 0.3) is 0 Å². The summed E-state index contributed by atoms with van der Waals surface area (Å²) < 4.78 is 9.86. The molecule has 0 bridgehead atoms. The molecule has 0 unspecified atom stereocenters. The molecule has 0 saturated heterocycles. The lowest BCUT2D eigenvalue weighted by Gasteiger charge is -2.20. The minimum absolute atomic E-state index is 0.193. The van der Waals surface area contributed by atoms with Gasteiger partial charge in [-0.15, -0.1) is 0 Å². The first-order valence-corrected chi connectivity index (χ1v) is 6.54. The fourth-order valence-electron chi connectivity index (χ4n) is 1.62. The Kier molecular flexibility index (Phi) is 5.72. The zero-order chi connectivity index (χ0) is 16.0. The van der Waals surface area contributed by atoms with Crippen LogP contribution in [0.3, 0.4) is 0 Å². The number of amides is 1. The van der Waals surface area contributed by atoms with Gasteiger partial charge < -0.3 is 19.9 Å². The lowest BCUT2D eigenvalue weighted by molar-refractivity contribution is -0.160. The summed E-state index contributed by atoms with van der Waals surface area (Å²) in [4.78, 5) is 22.9. The predicted octanol–water partition coefficient (Wildman–Crippen LogP) is 0.722. The lowest BCUT2D eigenvalue weighted by atomic mass is 10.1. The predicted molar refractivity (Wildman–Crippen MR) is 77.1 cm³/mol. The molecule has 0 heterocycles. The van der Waals surface area contributed by atoms with Crippen molar-refractivity contribution in [1.29, 1.82) is 0 Å². The van der Waals surface area contributed by atoms with E-state index in [1.165, 1.54) is 14.0 Å². The number of hydrogen-bond acceptors (Lipinski definition) is 5. The van der Waals surface area contributed by atoms with Crippen LogP contribution in [-0.2, 0) is 14.3 Å². The van der Waals surface area contributed by atoms with Crippen molar-refractivity contribution in [2.24, 2.45) is 0 Å². The average Bonchev–Trinajstić information content (AvgIpc) is 2.45. The molecule has 6 nitrogen and oxygen atoms in total. The molecule has 0 radical (unpaired) electrons. The number of ether oxygens (including phenoxy) is 2. The van der Waals surface area contributed by atoms with Crippen LogP contribution in [0, 0.1) is 13.8 Å². The van der Waals surface area contributed by atoms with Crippen LogP contribution in [0.4, 0.5) is 0 Å². The zero-order valence-corrected chi connectivity index (χ0v) is 12.7. The molecule has 0 aromatic heterocycles. The molecule has 116 valence electrons. The Morgan fingerprint density at radius 2 is 2.00 bits per heavy atom. The quantitative estimate of drug-likeness (QED) is 0.756. The summed E-state index contributed by atoms with van der Waals surface area (Å²) >= 11 is 0. The van der Waals surface area contributed by atoms with Gasteiger partial charge in [0.2, 0.25) is 0 Å². The molecule has 0 fully saturated rings. The monoisotopic (exact) mass is 295 g/mol. The summed E-state index contributed by atoms with van der Waals surface area (Å²) in [6.45, 7) is 4.65. The first-order valence-electron chi connectivity index (χ1n) is 6.54. The van der Waals surface area contributed by atoms with Gasteiger partial charge in [-0.25, -0.2) is 4.79 Å². The van der Waals surface area contributed by atoms with Gasteiger partial charge in [0, 0.05) is 0 Å². The molecule has 1 aromatic carbocycles. The summed E-state index contributed by atoms with van der Waals surface area (Å²) in [5.74, 6) is -0.608. The third-order valence-electron chi connectivity index (χ3n) is 2.96. The Labute approximate surface area is 124 Å². The van der Waals surface area contributed by atoms with Gasteiger partial charge in [-0.05, 0) is 38.0 Å². The molecule has 1 rings (SSSR count). The van der Waals surface area contributed by atoms with Crippen molar-refractivity contribution in [2.45, 2.75) is 26.4 Å². The van der Waals surface area contributed by atoms with Gasteiger partial charge in [0.25, 0.3) is 5.91 Å². The van der Waals surface area contributed by atoms with Gasteiger partial charge in [0.1, 0.15) is 5.75 Å². The molecule has 6 heteroatoms. The van der Waals surface area contributed by atoms with Crippen molar-refractivity contribution >= 4 is 11.9 Å². The number of hydrogen-bond donors (Lipinski definition) is 2. The van der Waals surface area contributed by atoms with Crippen LogP contribution in [0.15, 0.2) is 18.2 Å². The highest BCUT2D eigenvalue weighted by Gasteiger charge is 2.31. The number of aryl methyl sites for hydroxylation is 2. The second-order valence-electron chi connectivity index (χ2n) is 5.10. The minimum Gasteiger partial charge on any atom is -0.483 e. The van der Waals surface area contributed by atoms with Crippen LogP contribution in [0.2, 0.25) is 0 Å². The average molecular weight is 295 g/mol. The van der Waals surface area contributed by atoms with E-state index in [2.05, 4.69) is 10.1 Å². The Bertz CT molecular complexity index is 525. The van der Waals surface area contributed by atoms with Crippen LogP contribution in [-0.4, -0.2) is 42.8 Å². The van der Waals surface area contributed by atoms with E-state index < -0.39 is 17.5 Å². The number of aliphatic hydroxyl groups is 1. The van der Waals surface area contributed by atoms with Gasteiger partial charge in [-0.1, -0.05) is 12.1 Å². The molecule has 0 spiro atoms. The molecule has 0 aliphatic carbocycles. The van der Waals surface area contributed by atoms with Crippen LogP contribution < -0.4 is 10.1 Å². The largest absolute Gasteiger partial charge is 0.483 e. The Morgan fingerprint density at radius 1 is 1.33 bits per heavy atom. The van der Waals surface area contributed by atoms with E-state index in [1.807, 2.05) is 32.0 Å². The number of carbonyl (C=O) groups excluding carboxylic acids is 2. The number of nitrogens with one attached hydrogen (secondary N) is 1. The molecule has 21 heavy (non-hydrogen) atoms. The smallest absolute Gasteiger partial charge is 0.339 e. The first-order chi connectivity index (χ1) is 9.76. The van der Waals surface area contributed by atoms with E-state index in [-0.39, 0.29) is 13.2 Å². The maximum atomic E-state index is 11.7. The SMILES string of the molecule is COC(=O)[C@](C)(O)CNC(=O)COc1cc(C)ccc1C. The van der Waals surface area contributed by atoms with Gasteiger partial charge in [-0.3, -0.25) is 4.79 Å². The second kappa shape index (κ2) is 7.08. The van der Waals surface area contributed by atoms with Crippen molar-refractivity contribution in [1.82, 2.24) is 5.32 Å². The van der Waals surface area contributed by atoms with E-state index >= 15 is 0 Å². The van der Waals surface area contributed by atoms with Gasteiger partial charge >= 0.3 is 5.97 Å². The summed E-state index contributed by atoms with van der Waals surface area (Å²) in [6.07, 6.45) is 0. The van der Waals surface area contributed by atoms with Crippen LogP contribution in [0.5, 0.6) is 5.75 Å². The summed E-state index contributed by atoms with van der Waals surface area (Å²) in [6, 6.07) is 5.70. The van der Waals surface area contributed by atoms with Crippen LogP contribution >= 0.6 is 0 Å². The summed E-state index contributed by atoms with van der Waals surface area (Å²) in [5, 5.41) is 12.2. The topological polar surface area (TPSA) is 84.9 Å². The van der Waals surface area contributed by atoms with Gasteiger partial charge in [0.05, 0.1) is 13.7 Å². The number of methoxy groups -OCH3 is 1. The molecule has 1 amide bonds. The maximum Gasteiger partial charge on any atom is 0.339 e. The highest BCUT2D eigenvalue weighted by atomic mass is 16.5. The van der Waals surface area contributed by atoms with Crippen molar-refractivity contribution in [3.63, 3.8) is 0 Å². The Balaban J connectivity index is 2.48. The molecular formula is C15H21NO5. The Hall–Kier alpha value is -2.08. The van der Waals surface area contributed by atoms with Crippen LogP contribution in [0.1, 0.15) is 18.1 Å². The molecule has 2 N–H and O–H groups in total. The molecule has 0 aliphatic rings. The fraction of sp³-hybridized carbons (Fsp3) is 0.467. The maximum absolute atomic E-state index is 11.7. The van der Waals surface area contributed by atoms with E-state index in [0.717, 1.165) is 11.1 Å². The normalized spacial score (nSPS) is 13.2. The number of rotatable bonds is 6. The minimum atomic E-state index is -1.76. The molecule has 1 atom stereocenters. The van der Waals surface area contributed by atoms with Gasteiger partial charge in [0.15, 0.2) is 12.2 Å². The van der Waals surface area contributed by atoms with Crippen molar-refractivity contribution in [3.8, 4) is 5.75 Å². The van der Waals surface area contributed by atoms with E-state index in [1.54, 1.807) is 0 Å². The van der Waals surface area contributed by atoms with E-state index in [0.29, 0.717) is 5.75 Å². The number of esters is 1. The molecule has 0 saturated carbocycles.